The summed E-state index contributed by atoms with van der Waals surface area (Å²) in [5, 5.41) is 17.1. The maximum atomic E-state index is 12.7. The van der Waals surface area contributed by atoms with Crippen molar-refractivity contribution in [3.63, 3.8) is 0 Å². The van der Waals surface area contributed by atoms with Crippen molar-refractivity contribution < 1.29 is 9.53 Å². The number of nitrogens with one attached hydrogen (secondary N) is 1. The van der Waals surface area contributed by atoms with Crippen LogP contribution in [0.15, 0.2) is 90.9 Å². The number of carbonyl (C=O) groups excluding carboxylic acids is 1. The number of anilines is 1. The number of hydrogen-bond donors (Lipinski definition) is 1. The minimum absolute atomic E-state index is 0.0452. The number of para-hydroxylation sites is 1. The fourth-order valence-corrected chi connectivity index (χ4v) is 3.12. The third-order valence-electron chi connectivity index (χ3n) is 4.71. The van der Waals surface area contributed by atoms with Crippen molar-refractivity contribution in [1.29, 1.82) is 5.26 Å². The number of aromatic nitrogens is 3. The highest BCUT2D eigenvalue weighted by Gasteiger charge is 2.15. The van der Waals surface area contributed by atoms with Gasteiger partial charge in [-0.15, -0.1) is 0 Å². The van der Waals surface area contributed by atoms with Crippen molar-refractivity contribution in [2.45, 2.75) is 0 Å². The van der Waals surface area contributed by atoms with Gasteiger partial charge in [0.05, 0.1) is 30.4 Å². The number of nitrogens with zero attached hydrogens (tertiary/aromatic N) is 4. The zero-order chi connectivity index (χ0) is 22.3. The van der Waals surface area contributed by atoms with Gasteiger partial charge in [0.2, 0.25) is 0 Å². The molecule has 0 spiro atoms. The summed E-state index contributed by atoms with van der Waals surface area (Å²) in [6, 6.07) is 22.5. The molecule has 2 aromatic carbocycles. The largest absolute Gasteiger partial charge is 0.497 e. The standard InChI is InChI=1S/C25H19N5O2/c1-32-23-11-9-18(10-12-23)24-20(17-30(29-24)22-7-3-2-4-8-22)14-19(15-26)25(31)28-21-6-5-13-27-16-21/h2-14,16-17H,1H3,(H,28,31)/b19-14+. The predicted molar refractivity (Wildman–Crippen MR) is 122 cm³/mol. The molecule has 0 atom stereocenters. The highest BCUT2D eigenvalue weighted by Crippen LogP contribution is 2.27. The average Bonchev–Trinajstić information content (AvgIpc) is 3.27. The van der Waals surface area contributed by atoms with Crippen molar-refractivity contribution in [3.05, 3.63) is 96.5 Å². The van der Waals surface area contributed by atoms with Crippen LogP contribution < -0.4 is 10.1 Å². The Labute approximate surface area is 185 Å². The number of carbonyl (C=O) groups is 1. The van der Waals surface area contributed by atoms with Crippen LogP contribution >= 0.6 is 0 Å². The predicted octanol–water partition coefficient (Wildman–Crippen LogP) is 4.49. The third kappa shape index (κ3) is 4.55. The molecule has 1 N–H and O–H groups in total. The van der Waals surface area contributed by atoms with Gasteiger partial charge in [-0.25, -0.2) is 4.68 Å². The summed E-state index contributed by atoms with van der Waals surface area (Å²) >= 11 is 0. The zero-order valence-electron chi connectivity index (χ0n) is 17.3. The Hall–Kier alpha value is -4.70. The molecule has 0 saturated carbocycles. The molecule has 4 rings (SSSR count). The van der Waals surface area contributed by atoms with Crippen molar-refractivity contribution >= 4 is 17.7 Å². The fraction of sp³-hybridized carbons (Fsp3) is 0.0400. The summed E-state index contributed by atoms with van der Waals surface area (Å²) in [4.78, 5) is 16.7. The first-order valence-corrected chi connectivity index (χ1v) is 9.80. The number of methoxy groups -OCH3 is 1. The number of nitriles is 1. The molecule has 0 bridgehead atoms. The number of rotatable bonds is 6. The molecule has 1 amide bonds. The van der Waals surface area contributed by atoms with Crippen LogP contribution in [0.4, 0.5) is 5.69 Å². The molecule has 0 fully saturated rings. The van der Waals surface area contributed by atoms with E-state index in [9.17, 15) is 10.1 Å². The van der Waals surface area contributed by atoms with E-state index in [1.807, 2.05) is 60.7 Å². The van der Waals surface area contributed by atoms with E-state index in [2.05, 4.69) is 10.3 Å². The first kappa shape index (κ1) is 20.6. The zero-order valence-corrected chi connectivity index (χ0v) is 17.3. The smallest absolute Gasteiger partial charge is 0.266 e. The summed E-state index contributed by atoms with van der Waals surface area (Å²) in [5.74, 6) is 0.204. The van der Waals surface area contributed by atoms with Crippen LogP contribution in [0.3, 0.4) is 0 Å². The molecule has 0 aliphatic carbocycles. The summed E-state index contributed by atoms with van der Waals surface area (Å²) in [5.41, 5.74) is 3.43. The second-order valence-corrected chi connectivity index (χ2v) is 6.81. The Balaban J connectivity index is 1.75. The molecule has 0 radical (unpaired) electrons. The Morgan fingerprint density at radius 3 is 2.53 bits per heavy atom. The summed E-state index contributed by atoms with van der Waals surface area (Å²) in [7, 11) is 1.60. The van der Waals surface area contributed by atoms with E-state index >= 15 is 0 Å². The van der Waals surface area contributed by atoms with Crippen molar-refractivity contribution in [3.8, 4) is 28.8 Å². The van der Waals surface area contributed by atoms with Gasteiger partial charge >= 0.3 is 0 Å². The van der Waals surface area contributed by atoms with E-state index in [1.165, 1.54) is 12.3 Å². The van der Waals surface area contributed by atoms with Crippen molar-refractivity contribution in [2.24, 2.45) is 0 Å². The Morgan fingerprint density at radius 2 is 1.88 bits per heavy atom. The molecule has 4 aromatic rings. The monoisotopic (exact) mass is 421 g/mol. The molecule has 2 heterocycles. The number of hydrogen-bond acceptors (Lipinski definition) is 5. The minimum atomic E-state index is -0.520. The van der Waals surface area contributed by atoms with E-state index in [-0.39, 0.29) is 5.57 Å². The highest BCUT2D eigenvalue weighted by atomic mass is 16.5. The first-order chi connectivity index (χ1) is 15.7. The van der Waals surface area contributed by atoms with Gasteiger partial charge in [-0.05, 0) is 54.6 Å². The lowest BCUT2D eigenvalue weighted by Gasteiger charge is -2.04. The summed E-state index contributed by atoms with van der Waals surface area (Å²) < 4.78 is 6.96. The molecule has 0 aliphatic rings. The topological polar surface area (TPSA) is 92.8 Å². The van der Waals surface area contributed by atoms with E-state index in [0.717, 1.165) is 17.0 Å². The molecular weight excluding hydrogens is 402 g/mol. The van der Waals surface area contributed by atoms with Gasteiger partial charge < -0.3 is 10.1 Å². The lowest BCUT2D eigenvalue weighted by atomic mass is 10.1. The molecule has 0 unspecified atom stereocenters. The number of amides is 1. The quantitative estimate of drug-likeness (QED) is 0.366. The molecule has 7 heteroatoms. The van der Waals surface area contributed by atoms with Crippen LogP contribution in [0.25, 0.3) is 23.0 Å². The van der Waals surface area contributed by atoms with Crippen LogP contribution in [0.2, 0.25) is 0 Å². The first-order valence-electron chi connectivity index (χ1n) is 9.80. The van der Waals surface area contributed by atoms with Crippen LogP contribution in [-0.4, -0.2) is 27.8 Å². The van der Waals surface area contributed by atoms with Gasteiger partial charge in [0.15, 0.2) is 0 Å². The fourth-order valence-electron chi connectivity index (χ4n) is 3.12. The van der Waals surface area contributed by atoms with Crippen molar-refractivity contribution in [1.82, 2.24) is 14.8 Å². The molecule has 0 saturated heterocycles. The second-order valence-electron chi connectivity index (χ2n) is 6.81. The van der Waals surface area contributed by atoms with Gasteiger partial charge in [-0.2, -0.15) is 10.4 Å². The van der Waals surface area contributed by atoms with Crippen LogP contribution in [0.1, 0.15) is 5.56 Å². The van der Waals surface area contributed by atoms with Crippen LogP contribution in [0, 0.1) is 11.3 Å². The van der Waals surface area contributed by atoms with E-state index in [1.54, 1.807) is 36.3 Å². The second kappa shape index (κ2) is 9.41. The lowest BCUT2D eigenvalue weighted by Crippen LogP contribution is -2.13. The van der Waals surface area contributed by atoms with Gasteiger partial charge in [0.25, 0.3) is 5.91 Å². The number of benzene rings is 2. The van der Waals surface area contributed by atoms with Crippen LogP contribution in [0.5, 0.6) is 5.75 Å². The molecule has 156 valence electrons. The Bertz CT molecular complexity index is 1290. The summed E-state index contributed by atoms with van der Waals surface area (Å²) in [6.07, 6.45) is 6.46. The van der Waals surface area contributed by atoms with Crippen molar-refractivity contribution in [2.75, 3.05) is 12.4 Å². The normalized spacial score (nSPS) is 10.9. The molecule has 7 nitrogen and oxygen atoms in total. The molecular formula is C25H19N5O2. The van der Waals surface area contributed by atoms with E-state index in [0.29, 0.717) is 16.9 Å². The number of pyridine rings is 1. The minimum Gasteiger partial charge on any atom is -0.497 e. The summed E-state index contributed by atoms with van der Waals surface area (Å²) in [6.45, 7) is 0. The van der Waals surface area contributed by atoms with Gasteiger partial charge in [0.1, 0.15) is 17.4 Å². The number of ether oxygens (including phenoxy) is 1. The SMILES string of the molecule is COc1ccc(-c2nn(-c3ccccc3)cc2/C=C(\C#N)C(=O)Nc2cccnc2)cc1. The third-order valence-corrected chi connectivity index (χ3v) is 4.71. The van der Waals surface area contributed by atoms with Gasteiger partial charge in [-0.3, -0.25) is 9.78 Å². The van der Waals surface area contributed by atoms with Gasteiger partial charge in [0, 0.05) is 23.5 Å². The van der Waals surface area contributed by atoms with E-state index < -0.39 is 5.91 Å². The maximum absolute atomic E-state index is 12.7. The van der Waals surface area contributed by atoms with E-state index in [4.69, 9.17) is 9.84 Å². The highest BCUT2D eigenvalue weighted by molar-refractivity contribution is 6.10. The molecule has 2 aromatic heterocycles. The van der Waals surface area contributed by atoms with Gasteiger partial charge in [-0.1, -0.05) is 18.2 Å². The maximum Gasteiger partial charge on any atom is 0.266 e. The average molecular weight is 421 g/mol. The van der Waals surface area contributed by atoms with Crippen LogP contribution in [-0.2, 0) is 4.79 Å². The lowest BCUT2D eigenvalue weighted by molar-refractivity contribution is -0.112. The molecule has 0 aliphatic heterocycles. The molecule has 32 heavy (non-hydrogen) atoms. The Morgan fingerprint density at radius 1 is 1.09 bits per heavy atom. The Kier molecular flexibility index (Phi) is 6.05.